The Morgan fingerprint density at radius 3 is 2.82 bits per heavy atom. The molecule has 66 valence electrons. The average molecular weight is 177 g/mol. The quantitative estimate of drug-likeness (QED) is 0.489. The standard InChI is InChI=1S/C7H15NO2S/c1-10-8-7(9)5-3-4-6-11-2/h3-6H2,1-2H3,(H,8,9). The Bertz CT molecular complexity index is 109. The highest BCUT2D eigenvalue weighted by atomic mass is 32.2. The molecule has 0 aromatic rings. The van der Waals surface area contributed by atoms with Crippen LogP contribution in [-0.2, 0) is 9.63 Å². The van der Waals surface area contributed by atoms with Gasteiger partial charge in [-0.2, -0.15) is 11.8 Å². The molecule has 0 saturated carbocycles. The second kappa shape index (κ2) is 7.88. The monoisotopic (exact) mass is 177 g/mol. The van der Waals surface area contributed by atoms with E-state index >= 15 is 0 Å². The molecule has 0 rings (SSSR count). The number of amides is 1. The van der Waals surface area contributed by atoms with Crippen LogP contribution in [0.2, 0.25) is 0 Å². The highest BCUT2D eigenvalue weighted by molar-refractivity contribution is 7.98. The summed E-state index contributed by atoms with van der Waals surface area (Å²) in [5, 5.41) is 0. The number of carbonyl (C=O) groups excluding carboxylic acids is 1. The van der Waals surface area contributed by atoms with Crippen molar-refractivity contribution in [2.45, 2.75) is 19.3 Å². The second-order valence-electron chi connectivity index (χ2n) is 2.18. The fraction of sp³-hybridized carbons (Fsp3) is 0.857. The van der Waals surface area contributed by atoms with E-state index in [1.54, 1.807) is 11.8 Å². The lowest BCUT2D eigenvalue weighted by Crippen LogP contribution is -2.21. The Labute approximate surface area is 71.8 Å². The zero-order valence-corrected chi connectivity index (χ0v) is 7.87. The molecule has 3 nitrogen and oxygen atoms in total. The summed E-state index contributed by atoms with van der Waals surface area (Å²) in [5.41, 5.74) is 2.28. The number of unbranched alkanes of at least 4 members (excludes halogenated alkanes) is 1. The molecule has 0 aliphatic heterocycles. The van der Waals surface area contributed by atoms with E-state index in [-0.39, 0.29) is 5.91 Å². The van der Waals surface area contributed by atoms with Crippen molar-refractivity contribution in [3.05, 3.63) is 0 Å². The third-order valence-electron chi connectivity index (χ3n) is 1.22. The molecule has 0 atom stereocenters. The van der Waals surface area contributed by atoms with Crippen molar-refractivity contribution in [2.24, 2.45) is 0 Å². The summed E-state index contributed by atoms with van der Waals surface area (Å²) in [6.07, 6.45) is 4.66. The minimum Gasteiger partial charge on any atom is -0.277 e. The van der Waals surface area contributed by atoms with Crippen LogP contribution >= 0.6 is 11.8 Å². The topological polar surface area (TPSA) is 38.3 Å². The van der Waals surface area contributed by atoms with Gasteiger partial charge in [-0.25, -0.2) is 5.48 Å². The fourth-order valence-corrected chi connectivity index (χ4v) is 1.19. The maximum Gasteiger partial charge on any atom is 0.243 e. The first-order chi connectivity index (χ1) is 5.31. The van der Waals surface area contributed by atoms with Crippen molar-refractivity contribution in [2.75, 3.05) is 19.1 Å². The predicted molar refractivity (Wildman–Crippen MR) is 47.4 cm³/mol. The number of hydroxylamine groups is 1. The van der Waals surface area contributed by atoms with E-state index in [4.69, 9.17) is 0 Å². The van der Waals surface area contributed by atoms with Crippen molar-refractivity contribution in [1.82, 2.24) is 5.48 Å². The third kappa shape index (κ3) is 7.68. The smallest absolute Gasteiger partial charge is 0.243 e. The second-order valence-corrected chi connectivity index (χ2v) is 3.16. The number of nitrogens with one attached hydrogen (secondary N) is 1. The number of hydrogen-bond acceptors (Lipinski definition) is 3. The van der Waals surface area contributed by atoms with Crippen LogP contribution in [0.25, 0.3) is 0 Å². The first-order valence-electron chi connectivity index (χ1n) is 3.62. The van der Waals surface area contributed by atoms with Gasteiger partial charge in [0.2, 0.25) is 5.91 Å². The summed E-state index contributed by atoms with van der Waals surface area (Å²) >= 11 is 1.80. The Balaban J connectivity index is 3.04. The lowest BCUT2D eigenvalue weighted by atomic mass is 10.2. The van der Waals surface area contributed by atoms with Crippen LogP contribution in [0.3, 0.4) is 0 Å². The molecule has 1 amide bonds. The molecule has 11 heavy (non-hydrogen) atoms. The Morgan fingerprint density at radius 1 is 1.55 bits per heavy atom. The van der Waals surface area contributed by atoms with Crippen molar-refractivity contribution in [3.63, 3.8) is 0 Å². The molecular formula is C7H15NO2S. The first kappa shape index (κ1) is 10.8. The maximum absolute atomic E-state index is 10.8. The minimum atomic E-state index is -0.0337. The number of hydrogen-bond donors (Lipinski definition) is 1. The van der Waals surface area contributed by atoms with Gasteiger partial charge in [0.1, 0.15) is 0 Å². The van der Waals surface area contributed by atoms with E-state index in [9.17, 15) is 4.79 Å². The van der Waals surface area contributed by atoms with Crippen molar-refractivity contribution in [3.8, 4) is 0 Å². The molecule has 0 radical (unpaired) electrons. The van der Waals surface area contributed by atoms with Crippen LogP contribution in [0.5, 0.6) is 0 Å². The Hall–Kier alpha value is -0.220. The van der Waals surface area contributed by atoms with Crippen LogP contribution in [0.4, 0.5) is 0 Å². The molecule has 0 aliphatic rings. The molecule has 0 spiro atoms. The third-order valence-corrected chi connectivity index (χ3v) is 1.92. The first-order valence-corrected chi connectivity index (χ1v) is 5.01. The molecule has 0 unspecified atom stereocenters. The number of rotatable bonds is 6. The molecule has 0 aromatic carbocycles. The highest BCUT2D eigenvalue weighted by Gasteiger charge is 1.97. The van der Waals surface area contributed by atoms with Gasteiger partial charge in [-0.15, -0.1) is 0 Å². The largest absolute Gasteiger partial charge is 0.277 e. The maximum atomic E-state index is 10.8. The van der Waals surface area contributed by atoms with E-state index in [0.717, 1.165) is 18.6 Å². The SMILES string of the molecule is CONC(=O)CCCCSC. The lowest BCUT2D eigenvalue weighted by Gasteiger charge is -2.00. The van der Waals surface area contributed by atoms with Gasteiger partial charge in [-0.05, 0) is 24.9 Å². The normalized spacial score (nSPS) is 9.64. The van der Waals surface area contributed by atoms with E-state index in [0.29, 0.717) is 6.42 Å². The van der Waals surface area contributed by atoms with Crippen molar-refractivity contribution < 1.29 is 9.63 Å². The summed E-state index contributed by atoms with van der Waals surface area (Å²) in [4.78, 5) is 15.2. The van der Waals surface area contributed by atoms with Crippen LogP contribution < -0.4 is 5.48 Å². The molecule has 0 fully saturated rings. The van der Waals surface area contributed by atoms with Gasteiger partial charge in [0.25, 0.3) is 0 Å². The van der Waals surface area contributed by atoms with Crippen molar-refractivity contribution in [1.29, 1.82) is 0 Å². The molecule has 0 heterocycles. The van der Waals surface area contributed by atoms with E-state index in [1.807, 2.05) is 0 Å². The van der Waals surface area contributed by atoms with Gasteiger partial charge in [-0.3, -0.25) is 9.63 Å². The van der Waals surface area contributed by atoms with E-state index in [1.165, 1.54) is 7.11 Å². The van der Waals surface area contributed by atoms with E-state index in [2.05, 4.69) is 16.6 Å². The Morgan fingerprint density at radius 2 is 2.27 bits per heavy atom. The average Bonchev–Trinajstić information content (AvgIpc) is 1.99. The van der Waals surface area contributed by atoms with Gasteiger partial charge in [0, 0.05) is 6.42 Å². The highest BCUT2D eigenvalue weighted by Crippen LogP contribution is 2.01. The van der Waals surface area contributed by atoms with Gasteiger partial charge in [-0.1, -0.05) is 0 Å². The number of carbonyl (C=O) groups is 1. The zero-order chi connectivity index (χ0) is 8.53. The molecule has 0 bridgehead atoms. The molecule has 0 aromatic heterocycles. The van der Waals surface area contributed by atoms with Crippen LogP contribution in [-0.4, -0.2) is 25.0 Å². The van der Waals surface area contributed by atoms with Gasteiger partial charge < -0.3 is 0 Å². The molecule has 1 N–H and O–H groups in total. The summed E-state index contributed by atoms with van der Waals surface area (Å²) in [6.45, 7) is 0. The van der Waals surface area contributed by atoms with Gasteiger partial charge in [0.05, 0.1) is 7.11 Å². The molecule has 4 heteroatoms. The summed E-state index contributed by atoms with van der Waals surface area (Å²) in [7, 11) is 1.44. The van der Waals surface area contributed by atoms with E-state index < -0.39 is 0 Å². The van der Waals surface area contributed by atoms with Crippen LogP contribution in [0, 0.1) is 0 Å². The summed E-state index contributed by atoms with van der Waals surface area (Å²) in [5.74, 6) is 1.09. The molecule has 0 saturated heterocycles. The van der Waals surface area contributed by atoms with Gasteiger partial charge in [0.15, 0.2) is 0 Å². The molecule has 0 aliphatic carbocycles. The lowest BCUT2D eigenvalue weighted by molar-refractivity contribution is -0.131. The van der Waals surface area contributed by atoms with Crippen LogP contribution in [0.1, 0.15) is 19.3 Å². The summed E-state index contributed by atoms with van der Waals surface area (Å²) < 4.78 is 0. The summed E-state index contributed by atoms with van der Waals surface area (Å²) in [6, 6.07) is 0. The fourth-order valence-electron chi connectivity index (χ4n) is 0.697. The number of thioether (sulfide) groups is 1. The predicted octanol–water partition coefficient (Wildman–Crippen LogP) is 1.20. The van der Waals surface area contributed by atoms with Crippen molar-refractivity contribution >= 4 is 17.7 Å². The minimum absolute atomic E-state index is 0.0337. The molecular weight excluding hydrogens is 162 g/mol. The zero-order valence-electron chi connectivity index (χ0n) is 7.05. The van der Waals surface area contributed by atoms with Gasteiger partial charge >= 0.3 is 0 Å². The Kier molecular flexibility index (Phi) is 7.72. The van der Waals surface area contributed by atoms with Crippen LogP contribution in [0.15, 0.2) is 0 Å².